The van der Waals surface area contributed by atoms with E-state index in [0.717, 1.165) is 0 Å². The summed E-state index contributed by atoms with van der Waals surface area (Å²) in [5.41, 5.74) is 0.284. The van der Waals surface area contributed by atoms with Gasteiger partial charge in [0.15, 0.2) is 0 Å². The Hall–Kier alpha value is -0.813. The van der Waals surface area contributed by atoms with E-state index in [9.17, 15) is 13.2 Å². The van der Waals surface area contributed by atoms with Crippen LogP contribution in [0.4, 0.5) is 18.9 Å². The molecule has 0 spiro atoms. The van der Waals surface area contributed by atoms with Crippen LogP contribution >= 0.6 is 11.6 Å². The van der Waals surface area contributed by atoms with Crippen LogP contribution in [0.25, 0.3) is 0 Å². The molecule has 1 aromatic rings. The molecule has 0 bridgehead atoms. The lowest BCUT2D eigenvalue weighted by Gasteiger charge is -2.38. The van der Waals surface area contributed by atoms with Gasteiger partial charge < -0.3 is 0 Å². The van der Waals surface area contributed by atoms with Crippen molar-refractivity contribution in [2.75, 3.05) is 0 Å². The van der Waals surface area contributed by atoms with Crippen LogP contribution in [0.5, 0.6) is 0 Å². The van der Waals surface area contributed by atoms with Crippen LogP contribution in [-0.4, -0.2) is 19.6 Å². The second-order valence-corrected chi connectivity index (χ2v) is 12.0. The number of aliphatic imine (C=N–C) groups is 1. The normalized spacial score (nSPS) is 14.6. The number of benzene rings is 1. The fourth-order valence-corrected chi connectivity index (χ4v) is 3.51. The molecule has 0 aliphatic carbocycles. The van der Waals surface area contributed by atoms with E-state index in [4.69, 9.17) is 11.6 Å². The van der Waals surface area contributed by atoms with Crippen LogP contribution in [0.3, 0.4) is 0 Å². The lowest BCUT2D eigenvalue weighted by molar-refractivity contribution is -0.0566. The first-order valence-corrected chi connectivity index (χ1v) is 9.65. The Bertz CT molecular complexity index is 499. The molecule has 0 aromatic heterocycles. The minimum absolute atomic E-state index is 0.284. The third-order valence-electron chi connectivity index (χ3n) is 3.80. The zero-order valence-corrected chi connectivity index (χ0v) is 14.0. The van der Waals surface area contributed by atoms with Gasteiger partial charge in [-0.15, -0.1) is 0 Å². The monoisotopic (exact) mass is 321 g/mol. The molecule has 1 rings (SSSR count). The minimum atomic E-state index is -4.41. The van der Waals surface area contributed by atoms with E-state index >= 15 is 0 Å². The molecular formula is C14H19ClF3NSi. The Morgan fingerprint density at radius 1 is 1.05 bits per heavy atom. The predicted octanol–water partition coefficient (Wildman–Crippen LogP) is 6.02. The Kier molecular flexibility index (Phi) is 4.76. The Labute approximate surface area is 123 Å². The number of nitrogens with zero attached hydrogens (tertiary/aromatic N) is 1. The third kappa shape index (κ3) is 3.85. The fourth-order valence-electron chi connectivity index (χ4n) is 1.56. The average molecular weight is 322 g/mol. The maximum Gasteiger partial charge on any atom is 0.425 e. The number of halogens is 4. The van der Waals surface area contributed by atoms with E-state index in [-0.39, 0.29) is 5.69 Å². The van der Waals surface area contributed by atoms with Gasteiger partial charge in [-0.05, 0) is 29.3 Å². The van der Waals surface area contributed by atoms with Crippen molar-refractivity contribution in [3.05, 3.63) is 29.3 Å². The molecule has 0 radical (unpaired) electrons. The zero-order chi connectivity index (χ0) is 15.8. The first-order chi connectivity index (χ1) is 8.85. The highest BCUT2D eigenvalue weighted by atomic mass is 35.5. The molecule has 0 unspecified atom stereocenters. The minimum Gasteiger partial charge on any atom is -0.253 e. The van der Waals surface area contributed by atoms with Gasteiger partial charge in [0.2, 0.25) is 0 Å². The van der Waals surface area contributed by atoms with Crippen LogP contribution in [0.15, 0.2) is 29.3 Å². The summed E-state index contributed by atoms with van der Waals surface area (Å²) in [5, 5.41) is -0.599. The molecule has 1 nitrogen and oxygen atoms in total. The highest BCUT2D eigenvalue weighted by molar-refractivity contribution is 7.07. The highest BCUT2D eigenvalue weighted by Gasteiger charge is 2.51. The predicted molar refractivity (Wildman–Crippen MR) is 81.8 cm³/mol. The van der Waals surface area contributed by atoms with Gasteiger partial charge in [0, 0.05) is 5.02 Å². The van der Waals surface area contributed by atoms with Crippen molar-refractivity contribution in [3.63, 3.8) is 0 Å². The second-order valence-electron chi connectivity index (χ2n) is 6.31. The molecule has 6 heteroatoms. The molecule has 0 atom stereocenters. The van der Waals surface area contributed by atoms with Crippen molar-refractivity contribution >= 4 is 30.7 Å². The van der Waals surface area contributed by atoms with E-state index < -0.39 is 24.6 Å². The summed E-state index contributed by atoms with van der Waals surface area (Å²) in [6.45, 7) is 8.91. The van der Waals surface area contributed by atoms with Gasteiger partial charge in [0.05, 0.1) is 5.69 Å². The Balaban J connectivity index is 3.38. The van der Waals surface area contributed by atoms with Crippen LogP contribution in [0.1, 0.15) is 20.8 Å². The Morgan fingerprint density at radius 2 is 1.50 bits per heavy atom. The van der Waals surface area contributed by atoms with Gasteiger partial charge in [-0.3, -0.25) is 4.99 Å². The summed E-state index contributed by atoms with van der Waals surface area (Å²) >= 11 is 5.74. The summed E-state index contributed by atoms with van der Waals surface area (Å²) in [6, 6.07) is 6.09. The molecule has 0 N–H and O–H groups in total. The summed E-state index contributed by atoms with van der Waals surface area (Å²) in [6.07, 6.45) is -4.41. The maximum absolute atomic E-state index is 13.4. The third-order valence-corrected chi connectivity index (χ3v) is 9.38. The summed E-state index contributed by atoms with van der Waals surface area (Å²) in [5.74, 6) is 0. The smallest absolute Gasteiger partial charge is 0.253 e. The number of rotatable bonds is 2. The van der Waals surface area contributed by atoms with Crippen LogP contribution in [0, 0.1) is 0 Å². The standard InChI is InChI=1S/C14H19ClF3NSi/c1-13(2,3)20(4,5)12(14(16,17)18)19-11-8-6-10(15)7-9-11/h6-9H,1-5H3. The summed E-state index contributed by atoms with van der Waals surface area (Å²) in [7, 11) is -2.77. The quantitative estimate of drug-likeness (QED) is 0.466. The first kappa shape index (κ1) is 17.2. The van der Waals surface area contributed by atoms with Crippen molar-refractivity contribution in [2.45, 2.75) is 45.1 Å². The first-order valence-electron chi connectivity index (χ1n) is 6.27. The molecule has 0 heterocycles. The maximum atomic E-state index is 13.4. The second kappa shape index (κ2) is 5.52. The molecular weight excluding hydrogens is 303 g/mol. The molecule has 0 saturated carbocycles. The van der Waals surface area contributed by atoms with E-state index in [1.807, 2.05) is 20.8 Å². The van der Waals surface area contributed by atoms with Crippen molar-refractivity contribution in [1.29, 1.82) is 0 Å². The molecule has 0 aliphatic rings. The number of hydrogen-bond acceptors (Lipinski definition) is 1. The topological polar surface area (TPSA) is 12.4 Å². The van der Waals surface area contributed by atoms with E-state index in [2.05, 4.69) is 4.99 Å². The van der Waals surface area contributed by atoms with Crippen molar-refractivity contribution < 1.29 is 13.2 Å². The van der Waals surface area contributed by atoms with Crippen molar-refractivity contribution in [3.8, 4) is 0 Å². The van der Waals surface area contributed by atoms with Gasteiger partial charge in [-0.2, -0.15) is 13.2 Å². The molecule has 0 amide bonds. The average Bonchev–Trinajstić information content (AvgIpc) is 2.24. The molecule has 112 valence electrons. The fraction of sp³-hybridized carbons (Fsp3) is 0.500. The molecule has 1 aromatic carbocycles. The largest absolute Gasteiger partial charge is 0.425 e. The molecule has 20 heavy (non-hydrogen) atoms. The van der Waals surface area contributed by atoms with E-state index in [0.29, 0.717) is 5.02 Å². The van der Waals surface area contributed by atoms with E-state index in [1.165, 1.54) is 12.1 Å². The number of hydrogen-bond donors (Lipinski definition) is 0. The number of alkyl halides is 3. The summed E-state index contributed by atoms with van der Waals surface area (Å²) < 4.78 is 40.2. The summed E-state index contributed by atoms with van der Waals surface area (Å²) in [4.78, 5) is 3.90. The Morgan fingerprint density at radius 3 is 1.85 bits per heavy atom. The molecule has 0 saturated heterocycles. The molecule has 0 aliphatic heterocycles. The SMILES string of the molecule is CC(C)(C)[Si](C)(C)C(=Nc1ccc(Cl)cc1)C(F)(F)F. The van der Waals surface area contributed by atoms with Gasteiger partial charge in [0.1, 0.15) is 13.4 Å². The zero-order valence-electron chi connectivity index (χ0n) is 12.3. The molecule has 0 fully saturated rings. The van der Waals surface area contributed by atoms with Crippen LogP contribution < -0.4 is 0 Å². The lowest BCUT2D eigenvalue weighted by Crippen LogP contribution is -2.52. The van der Waals surface area contributed by atoms with E-state index in [1.54, 1.807) is 25.2 Å². The van der Waals surface area contributed by atoms with Crippen LogP contribution in [0.2, 0.25) is 23.2 Å². The highest BCUT2D eigenvalue weighted by Crippen LogP contribution is 2.41. The lowest BCUT2D eigenvalue weighted by atomic mass is 10.2. The van der Waals surface area contributed by atoms with Gasteiger partial charge in [-0.25, -0.2) is 0 Å². The van der Waals surface area contributed by atoms with Crippen molar-refractivity contribution in [2.24, 2.45) is 4.99 Å². The van der Waals surface area contributed by atoms with Crippen molar-refractivity contribution in [1.82, 2.24) is 0 Å². The van der Waals surface area contributed by atoms with Gasteiger partial charge in [-0.1, -0.05) is 45.5 Å². The van der Waals surface area contributed by atoms with Gasteiger partial charge in [0.25, 0.3) is 0 Å². The van der Waals surface area contributed by atoms with Crippen LogP contribution in [-0.2, 0) is 0 Å². The van der Waals surface area contributed by atoms with Gasteiger partial charge >= 0.3 is 6.18 Å².